The minimum Gasteiger partial charge on any atom is -0.463 e. The van der Waals surface area contributed by atoms with Crippen molar-refractivity contribution < 1.29 is 13.7 Å². The lowest BCUT2D eigenvalue weighted by atomic mass is 10.1. The zero-order valence-electron chi connectivity index (χ0n) is 15.1. The van der Waals surface area contributed by atoms with Gasteiger partial charge >= 0.3 is 0 Å². The summed E-state index contributed by atoms with van der Waals surface area (Å²) in [5.74, 6) is 0.814. The summed E-state index contributed by atoms with van der Waals surface area (Å²) in [6, 6.07) is 6.62. The summed E-state index contributed by atoms with van der Waals surface area (Å²) >= 11 is 0. The fourth-order valence-corrected chi connectivity index (χ4v) is 3.25. The molecule has 0 saturated carbocycles. The maximum Gasteiger partial charge on any atom is 0.268 e. The van der Waals surface area contributed by atoms with Crippen LogP contribution in [0.3, 0.4) is 0 Å². The molecule has 4 heterocycles. The Balaban J connectivity index is 1.72. The van der Waals surface area contributed by atoms with Gasteiger partial charge in [0.25, 0.3) is 5.56 Å². The predicted molar refractivity (Wildman–Crippen MR) is 96.9 cm³/mol. The van der Waals surface area contributed by atoms with Gasteiger partial charge in [0.2, 0.25) is 5.91 Å². The van der Waals surface area contributed by atoms with Gasteiger partial charge in [0.05, 0.1) is 17.5 Å². The van der Waals surface area contributed by atoms with Crippen LogP contribution in [-0.2, 0) is 11.3 Å². The van der Waals surface area contributed by atoms with E-state index in [2.05, 4.69) is 10.3 Å². The molecule has 0 N–H and O–H groups in total. The van der Waals surface area contributed by atoms with Crippen molar-refractivity contribution in [2.75, 3.05) is 13.1 Å². The number of carbonyl (C=O) groups is 1. The number of amides is 1. The number of aryl methyl sites for hydroxylation is 1. The Bertz CT molecular complexity index is 997. The highest BCUT2D eigenvalue weighted by Crippen LogP contribution is 2.29. The molecular formula is C19H20N4O4. The van der Waals surface area contributed by atoms with Crippen LogP contribution in [0.15, 0.2) is 44.3 Å². The molecule has 27 heavy (non-hydrogen) atoms. The lowest BCUT2D eigenvalue weighted by Crippen LogP contribution is -2.40. The molecule has 4 rings (SSSR count). The van der Waals surface area contributed by atoms with E-state index in [0.29, 0.717) is 28.5 Å². The van der Waals surface area contributed by atoms with E-state index in [0.717, 1.165) is 32.4 Å². The molecule has 0 unspecified atom stereocenters. The average molecular weight is 368 g/mol. The summed E-state index contributed by atoms with van der Waals surface area (Å²) < 4.78 is 12.0. The van der Waals surface area contributed by atoms with E-state index in [1.807, 2.05) is 0 Å². The highest BCUT2D eigenvalue weighted by Gasteiger charge is 2.21. The second-order valence-corrected chi connectivity index (χ2v) is 6.65. The molecule has 0 radical (unpaired) electrons. The van der Waals surface area contributed by atoms with Crippen LogP contribution in [0, 0.1) is 6.92 Å². The van der Waals surface area contributed by atoms with Gasteiger partial charge in [-0.05, 0) is 38.3 Å². The first-order chi connectivity index (χ1) is 13.1. The number of rotatable bonds is 4. The molecule has 0 atom stereocenters. The van der Waals surface area contributed by atoms with Crippen LogP contribution < -0.4 is 5.56 Å². The van der Waals surface area contributed by atoms with E-state index < -0.39 is 0 Å². The first kappa shape index (κ1) is 17.3. The standard InChI is InChI=1S/C19H20N4O4/c1-13-10-16(27-21-13)14-11-17(24)23(20-19(14)15-6-5-9-26-15)12-18(25)22-7-3-2-4-8-22/h5-6,9-11H,2-4,7-8,12H2,1H3. The molecule has 3 aromatic rings. The summed E-state index contributed by atoms with van der Waals surface area (Å²) in [6.07, 6.45) is 4.65. The second-order valence-electron chi connectivity index (χ2n) is 6.65. The van der Waals surface area contributed by atoms with Crippen LogP contribution in [0.5, 0.6) is 0 Å². The fraction of sp³-hybridized carbons (Fsp3) is 0.368. The molecule has 0 aromatic carbocycles. The maximum atomic E-state index is 12.6. The quantitative estimate of drug-likeness (QED) is 0.702. The lowest BCUT2D eigenvalue weighted by Gasteiger charge is -2.26. The van der Waals surface area contributed by atoms with Crippen LogP contribution in [0.1, 0.15) is 25.0 Å². The summed E-state index contributed by atoms with van der Waals surface area (Å²) in [5.41, 5.74) is 1.24. The third-order valence-corrected chi connectivity index (χ3v) is 4.64. The predicted octanol–water partition coefficient (Wildman–Crippen LogP) is 2.48. The molecule has 0 bridgehead atoms. The normalized spacial score (nSPS) is 14.5. The second kappa shape index (κ2) is 7.22. The number of piperidine rings is 1. The van der Waals surface area contributed by atoms with E-state index in [9.17, 15) is 9.59 Å². The van der Waals surface area contributed by atoms with Crippen LogP contribution in [0.4, 0.5) is 0 Å². The number of hydrogen-bond donors (Lipinski definition) is 0. The maximum absolute atomic E-state index is 12.6. The van der Waals surface area contributed by atoms with Gasteiger partial charge in [-0.2, -0.15) is 5.10 Å². The SMILES string of the molecule is Cc1cc(-c2cc(=O)n(CC(=O)N3CCCCC3)nc2-c2ccco2)on1. The number of furan rings is 1. The Labute approximate surface area is 155 Å². The smallest absolute Gasteiger partial charge is 0.268 e. The van der Waals surface area contributed by atoms with Crippen LogP contribution >= 0.6 is 0 Å². The highest BCUT2D eigenvalue weighted by molar-refractivity contribution is 5.77. The van der Waals surface area contributed by atoms with Gasteiger partial charge in [0.15, 0.2) is 11.5 Å². The zero-order valence-corrected chi connectivity index (χ0v) is 15.1. The van der Waals surface area contributed by atoms with Crippen molar-refractivity contribution in [1.29, 1.82) is 0 Å². The van der Waals surface area contributed by atoms with Gasteiger partial charge in [0, 0.05) is 25.2 Å². The number of hydrogen-bond acceptors (Lipinski definition) is 6. The fourth-order valence-electron chi connectivity index (χ4n) is 3.25. The molecule has 1 aliphatic rings. The summed E-state index contributed by atoms with van der Waals surface area (Å²) in [5, 5.41) is 8.28. The van der Waals surface area contributed by atoms with E-state index >= 15 is 0 Å². The number of likely N-dealkylation sites (tertiary alicyclic amines) is 1. The minimum absolute atomic E-state index is 0.0950. The monoisotopic (exact) mass is 368 g/mol. The molecule has 140 valence electrons. The van der Waals surface area contributed by atoms with E-state index in [4.69, 9.17) is 8.94 Å². The van der Waals surface area contributed by atoms with Crippen LogP contribution in [0.2, 0.25) is 0 Å². The first-order valence-electron chi connectivity index (χ1n) is 8.99. The molecule has 0 aliphatic carbocycles. The van der Waals surface area contributed by atoms with Crippen molar-refractivity contribution in [2.24, 2.45) is 0 Å². The highest BCUT2D eigenvalue weighted by atomic mass is 16.5. The van der Waals surface area contributed by atoms with Gasteiger partial charge in [-0.15, -0.1) is 0 Å². The molecule has 8 nitrogen and oxygen atoms in total. The molecule has 8 heteroatoms. The molecule has 1 aliphatic heterocycles. The summed E-state index contributed by atoms with van der Waals surface area (Å²) in [6.45, 7) is 3.16. The van der Waals surface area contributed by atoms with Gasteiger partial charge in [-0.1, -0.05) is 5.16 Å². The van der Waals surface area contributed by atoms with E-state index in [-0.39, 0.29) is 18.0 Å². The largest absolute Gasteiger partial charge is 0.463 e. The molecule has 1 amide bonds. The van der Waals surface area contributed by atoms with Crippen molar-refractivity contribution in [2.45, 2.75) is 32.7 Å². The Hall–Kier alpha value is -3.16. The topological polar surface area (TPSA) is 94.4 Å². The molecule has 1 fully saturated rings. The van der Waals surface area contributed by atoms with Crippen molar-refractivity contribution in [3.8, 4) is 22.8 Å². The van der Waals surface area contributed by atoms with Crippen molar-refractivity contribution >= 4 is 5.91 Å². The Morgan fingerprint density at radius 3 is 2.67 bits per heavy atom. The van der Waals surface area contributed by atoms with Gasteiger partial charge < -0.3 is 13.8 Å². The minimum atomic E-state index is -0.375. The molecule has 1 saturated heterocycles. The third-order valence-electron chi connectivity index (χ3n) is 4.64. The Morgan fingerprint density at radius 2 is 2.00 bits per heavy atom. The van der Waals surface area contributed by atoms with Gasteiger partial charge in [-0.3, -0.25) is 9.59 Å². The van der Waals surface area contributed by atoms with Gasteiger partial charge in [0.1, 0.15) is 12.2 Å². The van der Waals surface area contributed by atoms with Crippen LogP contribution in [-0.4, -0.2) is 38.8 Å². The number of carbonyl (C=O) groups excluding carboxylic acids is 1. The zero-order chi connectivity index (χ0) is 18.8. The van der Waals surface area contributed by atoms with Crippen molar-refractivity contribution in [3.05, 3.63) is 46.6 Å². The Kier molecular flexibility index (Phi) is 4.62. The van der Waals surface area contributed by atoms with Gasteiger partial charge in [-0.25, -0.2) is 4.68 Å². The Morgan fingerprint density at radius 1 is 1.19 bits per heavy atom. The van der Waals surface area contributed by atoms with E-state index in [1.165, 1.54) is 17.0 Å². The summed E-state index contributed by atoms with van der Waals surface area (Å²) in [7, 11) is 0. The summed E-state index contributed by atoms with van der Waals surface area (Å²) in [4.78, 5) is 26.9. The third kappa shape index (κ3) is 3.55. The van der Waals surface area contributed by atoms with Crippen LogP contribution in [0.25, 0.3) is 22.8 Å². The van der Waals surface area contributed by atoms with Crippen molar-refractivity contribution in [3.63, 3.8) is 0 Å². The molecular weight excluding hydrogens is 348 g/mol. The lowest BCUT2D eigenvalue weighted by molar-refractivity contribution is -0.133. The molecule has 0 spiro atoms. The first-order valence-corrected chi connectivity index (χ1v) is 8.99. The average Bonchev–Trinajstić information content (AvgIpc) is 3.35. The van der Waals surface area contributed by atoms with Crippen molar-refractivity contribution in [1.82, 2.24) is 19.8 Å². The number of aromatic nitrogens is 3. The number of nitrogens with zero attached hydrogens (tertiary/aromatic N) is 4. The molecule has 3 aromatic heterocycles. The van der Waals surface area contributed by atoms with E-state index in [1.54, 1.807) is 30.0 Å².